The average molecular weight is 266 g/mol. The summed E-state index contributed by atoms with van der Waals surface area (Å²) in [5, 5.41) is 0. The third kappa shape index (κ3) is 3.09. The number of anilines is 1. The third-order valence-electron chi connectivity index (χ3n) is 4.13. The molecular formula is C14H26N4O. The molecule has 2 N–H and O–H groups in total. The van der Waals surface area contributed by atoms with E-state index in [0.29, 0.717) is 24.6 Å². The van der Waals surface area contributed by atoms with Crippen molar-refractivity contribution in [2.75, 3.05) is 31.7 Å². The summed E-state index contributed by atoms with van der Waals surface area (Å²) in [5.74, 6) is 1.62. The molecule has 3 unspecified atom stereocenters. The van der Waals surface area contributed by atoms with Crippen LogP contribution in [0.4, 0.5) is 5.95 Å². The first-order valence-electron chi connectivity index (χ1n) is 7.19. The zero-order valence-electron chi connectivity index (χ0n) is 12.2. The van der Waals surface area contributed by atoms with Crippen molar-refractivity contribution in [3.8, 4) is 0 Å². The SMILES string of the molecule is CCC1CN(c2nccn2C(C)COC)CCC1N. The van der Waals surface area contributed by atoms with Gasteiger partial charge in [-0.05, 0) is 19.3 Å². The van der Waals surface area contributed by atoms with Crippen molar-refractivity contribution in [3.05, 3.63) is 12.4 Å². The largest absolute Gasteiger partial charge is 0.383 e. The summed E-state index contributed by atoms with van der Waals surface area (Å²) in [6.07, 6.45) is 6.08. The maximum atomic E-state index is 6.18. The van der Waals surface area contributed by atoms with Crippen LogP contribution in [0.25, 0.3) is 0 Å². The fourth-order valence-corrected chi connectivity index (χ4v) is 2.88. The Bertz CT molecular complexity index is 393. The lowest BCUT2D eigenvalue weighted by molar-refractivity contribution is 0.162. The van der Waals surface area contributed by atoms with Crippen LogP contribution in [0.1, 0.15) is 32.7 Å². The first kappa shape index (κ1) is 14.3. The fourth-order valence-electron chi connectivity index (χ4n) is 2.88. The van der Waals surface area contributed by atoms with E-state index in [0.717, 1.165) is 31.9 Å². The molecular weight excluding hydrogens is 240 g/mol. The lowest BCUT2D eigenvalue weighted by Gasteiger charge is -2.37. The second-order valence-electron chi connectivity index (χ2n) is 5.51. The monoisotopic (exact) mass is 266 g/mol. The smallest absolute Gasteiger partial charge is 0.205 e. The Morgan fingerprint density at radius 3 is 3.05 bits per heavy atom. The van der Waals surface area contributed by atoms with E-state index in [1.807, 2.05) is 12.4 Å². The van der Waals surface area contributed by atoms with E-state index in [9.17, 15) is 0 Å². The summed E-state index contributed by atoms with van der Waals surface area (Å²) in [5.41, 5.74) is 6.18. The first-order chi connectivity index (χ1) is 9.17. The quantitative estimate of drug-likeness (QED) is 0.880. The van der Waals surface area contributed by atoms with E-state index in [1.165, 1.54) is 0 Å². The van der Waals surface area contributed by atoms with E-state index in [4.69, 9.17) is 10.5 Å². The van der Waals surface area contributed by atoms with Crippen LogP contribution in [0.5, 0.6) is 0 Å². The highest BCUT2D eigenvalue weighted by Gasteiger charge is 2.27. The van der Waals surface area contributed by atoms with Crippen LogP contribution < -0.4 is 10.6 Å². The third-order valence-corrected chi connectivity index (χ3v) is 4.13. The van der Waals surface area contributed by atoms with Gasteiger partial charge in [-0.1, -0.05) is 13.3 Å². The van der Waals surface area contributed by atoms with Gasteiger partial charge in [0.1, 0.15) is 0 Å². The topological polar surface area (TPSA) is 56.3 Å². The van der Waals surface area contributed by atoms with Gasteiger partial charge < -0.3 is 19.9 Å². The van der Waals surface area contributed by atoms with E-state index in [2.05, 4.69) is 28.3 Å². The molecule has 19 heavy (non-hydrogen) atoms. The van der Waals surface area contributed by atoms with Crippen LogP contribution in [-0.4, -0.2) is 42.4 Å². The normalized spacial score (nSPS) is 25.6. The molecule has 0 radical (unpaired) electrons. The highest BCUT2D eigenvalue weighted by atomic mass is 16.5. The maximum absolute atomic E-state index is 6.18. The van der Waals surface area contributed by atoms with Gasteiger partial charge in [0, 0.05) is 38.6 Å². The number of rotatable bonds is 5. The second kappa shape index (κ2) is 6.39. The summed E-state index contributed by atoms with van der Waals surface area (Å²) in [6, 6.07) is 0.638. The standard InChI is InChI=1S/C14H26N4O/c1-4-12-9-17(7-5-13(12)15)14-16-6-8-18(14)11(2)10-19-3/h6,8,11-13H,4-5,7,9-10,15H2,1-3H3. The molecule has 5 nitrogen and oxygen atoms in total. The Balaban J connectivity index is 2.12. The van der Waals surface area contributed by atoms with E-state index in [-0.39, 0.29) is 0 Å². The van der Waals surface area contributed by atoms with Gasteiger partial charge in [0.25, 0.3) is 0 Å². The van der Waals surface area contributed by atoms with E-state index < -0.39 is 0 Å². The van der Waals surface area contributed by atoms with Gasteiger partial charge in [0.2, 0.25) is 5.95 Å². The summed E-state index contributed by atoms with van der Waals surface area (Å²) in [7, 11) is 1.74. The highest BCUT2D eigenvalue weighted by Crippen LogP contribution is 2.25. The van der Waals surface area contributed by atoms with E-state index >= 15 is 0 Å². The van der Waals surface area contributed by atoms with Gasteiger partial charge in [0.15, 0.2) is 0 Å². The lowest BCUT2D eigenvalue weighted by Crippen LogP contribution is -2.47. The van der Waals surface area contributed by atoms with Gasteiger partial charge in [-0.3, -0.25) is 0 Å². The van der Waals surface area contributed by atoms with Crippen molar-refractivity contribution in [2.24, 2.45) is 11.7 Å². The molecule has 1 aromatic rings. The number of methoxy groups -OCH3 is 1. The summed E-state index contributed by atoms with van der Waals surface area (Å²) in [6.45, 7) is 7.08. The van der Waals surface area contributed by atoms with Crippen LogP contribution in [0.15, 0.2) is 12.4 Å². The predicted octanol–water partition coefficient (Wildman–Crippen LogP) is 1.65. The van der Waals surface area contributed by atoms with Crippen molar-refractivity contribution in [1.82, 2.24) is 9.55 Å². The molecule has 1 fully saturated rings. The van der Waals surface area contributed by atoms with Crippen molar-refractivity contribution in [3.63, 3.8) is 0 Å². The molecule has 1 aliphatic heterocycles. The van der Waals surface area contributed by atoms with Crippen molar-refractivity contribution < 1.29 is 4.74 Å². The zero-order chi connectivity index (χ0) is 13.8. The molecule has 5 heteroatoms. The zero-order valence-corrected chi connectivity index (χ0v) is 12.2. The minimum Gasteiger partial charge on any atom is -0.383 e. The maximum Gasteiger partial charge on any atom is 0.205 e. The number of imidazole rings is 1. The van der Waals surface area contributed by atoms with Crippen molar-refractivity contribution >= 4 is 5.95 Å². The molecule has 0 amide bonds. The molecule has 0 bridgehead atoms. The molecule has 2 rings (SSSR count). The second-order valence-corrected chi connectivity index (χ2v) is 5.51. The lowest BCUT2D eigenvalue weighted by atomic mass is 9.91. The van der Waals surface area contributed by atoms with Gasteiger partial charge in [-0.25, -0.2) is 4.98 Å². The number of hydrogen-bond acceptors (Lipinski definition) is 4. The van der Waals surface area contributed by atoms with Crippen LogP contribution in [0.2, 0.25) is 0 Å². The number of nitrogens with zero attached hydrogens (tertiary/aromatic N) is 3. The Kier molecular flexibility index (Phi) is 4.82. The minimum absolute atomic E-state index is 0.304. The Morgan fingerprint density at radius 2 is 2.37 bits per heavy atom. The van der Waals surface area contributed by atoms with Crippen molar-refractivity contribution in [1.29, 1.82) is 0 Å². The first-order valence-corrected chi connectivity index (χ1v) is 7.19. The molecule has 3 atom stereocenters. The van der Waals surface area contributed by atoms with Crippen LogP contribution in [0.3, 0.4) is 0 Å². The van der Waals surface area contributed by atoms with Gasteiger partial charge in [-0.2, -0.15) is 0 Å². The molecule has 2 heterocycles. The molecule has 0 saturated carbocycles. The highest BCUT2D eigenvalue weighted by molar-refractivity contribution is 5.33. The van der Waals surface area contributed by atoms with E-state index in [1.54, 1.807) is 7.11 Å². The molecule has 0 aromatic carbocycles. The Labute approximate surface area is 115 Å². The summed E-state index contributed by atoms with van der Waals surface area (Å²) < 4.78 is 7.44. The Hall–Kier alpha value is -1.07. The molecule has 108 valence electrons. The van der Waals surface area contributed by atoms with Crippen LogP contribution >= 0.6 is 0 Å². The fraction of sp³-hybridized carbons (Fsp3) is 0.786. The number of hydrogen-bond donors (Lipinski definition) is 1. The predicted molar refractivity (Wildman–Crippen MR) is 77.4 cm³/mol. The van der Waals surface area contributed by atoms with Crippen molar-refractivity contribution in [2.45, 2.75) is 38.8 Å². The number of aromatic nitrogens is 2. The molecule has 0 spiro atoms. The van der Waals surface area contributed by atoms with Gasteiger partial charge >= 0.3 is 0 Å². The number of piperidine rings is 1. The molecule has 0 aliphatic carbocycles. The van der Waals surface area contributed by atoms with Crippen LogP contribution in [0, 0.1) is 5.92 Å². The average Bonchev–Trinajstić information content (AvgIpc) is 2.89. The van der Waals surface area contributed by atoms with Gasteiger partial charge in [0.05, 0.1) is 12.6 Å². The number of nitrogens with two attached hydrogens (primary N) is 1. The number of ether oxygens (including phenoxy) is 1. The molecule has 1 aromatic heterocycles. The Morgan fingerprint density at radius 1 is 1.58 bits per heavy atom. The molecule has 1 saturated heterocycles. The summed E-state index contributed by atoms with van der Waals surface area (Å²) in [4.78, 5) is 6.89. The van der Waals surface area contributed by atoms with Gasteiger partial charge in [-0.15, -0.1) is 0 Å². The van der Waals surface area contributed by atoms with Crippen LogP contribution in [-0.2, 0) is 4.74 Å². The minimum atomic E-state index is 0.304. The summed E-state index contributed by atoms with van der Waals surface area (Å²) >= 11 is 0. The molecule has 1 aliphatic rings.